The van der Waals surface area contributed by atoms with Gasteiger partial charge in [-0.2, -0.15) is 0 Å². The number of hydrogen-bond donors (Lipinski definition) is 0. The summed E-state index contributed by atoms with van der Waals surface area (Å²) in [7, 11) is -6.91. The van der Waals surface area contributed by atoms with Crippen LogP contribution >= 0.6 is 0 Å². The Labute approximate surface area is 147 Å². The van der Waals surface area contributed by atoms with E-state index in [2.05, 4.69) is 4.98 Å². The first-order chi connectivity index (χ1) is 11.8. The van der Waals surface area contributed by atoms with E-state index in [1.54, 1.807) is 59.2 Å². The van der Waals surface area contributed by atoms with Crippen molar-refractivity contribution in [1.82, 2.24) is 9.55 Å². The molecule has 25 heavy (non-hydrogen) atoms. The zero-order valence-electron chi connectivity index (χ0n) is 13.7. The first-order valence-electron chi connectivity index (χ1n) is 7.72. The summed E-state index contributed by atoms with van der Waals surface area (Å²) in [4.78, 5) is 4.45. The van der Waals surface area contributed by atoms with Gasteiger partial charge >= 0.3 is 0 Å². The van der Waals surface area contributed by atoms with Crippen LogP contribution in [0.5, 0.6) is 0 Å². The summed E-state index contributed by atoms with van der Waals surface area (Å²) >= 11 is 0. The number of imidazole rings is 1. The third-order valence-electron chi connectivity index (χ3n) is 3.85. The minimum atomic E-state index is -3.51. The molecule has 0 N–H and O–H groups in total. The molecule has 0 spiro atoms. The second kappa shape index (κ2) is 6.61. The third-order valence-corrected chi connectivity index (χ3v) is 6.64. The van der Waals surface area contributed by atoms with Crippen LogP contribution in [0.3, 0.4) is 0 Å². The van der Waals surface area contributed by atoms with E-state index in [9.17, 15) is 16.8 Å². The van der Waals surface area contributed by atoms with Gasteiger partial charge in [0.2, 0.25) is 15.0 Å². The van der Waals surface area contributed by atoms with Crippen LogP contribution in [0.15, 0.2) is 64.6 Å². The lowest BCUT2D eigenvalue weighted by Crippen LogP contribution is -2.13. The molecule has 0 fully saturated rings. The number of rotatable bonds is 6. The zero-order chi connectivity index (χ0) is 18.1. The van der Waals surface area contributed by atoms with Crippen LogP contribution in [0, 0.1) is 0 Å². The van der Waals surface area contributed by atoms with Gasteiger partial charge in [0.25, 0.3) is 0 Å². The Hall–Kier alpha value is -2.19. The molecule has 0 aliphatic rings. The fourth-order valence-electron chi connectivity index (χ4n) is 2.71. The minimum absolute atomic E-state index is 0.0363. The van der Waals surface area contributed by atoms with Crippen LogP contribution in [-0.2, 0) is 26.2 Å². The molecule has 2 aromatic carbocycles. The lowest BCUT2D eigenvalue weighted by atomic mass is 10.3. The number of benzene rings is 2. The summed E-state index contributed by atoms with van der Waals surface area (Å²) in [6.07, 6.45) is 1.39. The maximum atomic E-state index is 12.4. The molecule has 6 nitrogen and oxygen atoms in total. The van der Waals surface area contributed by atoms with Crippen LogP contribution in [0.25, 0.3) is 11.0 Å². The van der Waals surface area contributed by atoms with Crippen molar-refractivity contribution in [3.05, 3.63) is 54.6 Å². The van der Waals surface area contributed by atoms with E-state index in [4.69, 9.17) is 0 Å². The van der Waals surface area contributed by atoms with Crippen LogP contribution in [0.1, 0.15) is 6.42 Å². The van der Waals surface area contributed by atoms with Gasteiger partial charge in [0, 0.05) is 12.8 Å². The van der Waals surface area contributed by atoms with Gasteiger partial charge < -0.3 is 4.57 Å². The Morgan fingerprint density at radius 2 is 1.56 bits per heavy atom. The SMILES string of the molecule is CS(=O)(=O)c1nc2ccccc2n1CCCS(=O)(=O)c1ccccc1. The van der Waals surface area contributed by atoms with Crippen molar-refractivity contribution >= 4 is 30.7 Å². The topological polar surface area (TPSA) is 86.1 Å². The van der Waals surface area contributed by atoms with E-state index >= 15 is 0 Å². The number of para-hydroxylation sites is 2. The molecular weight excluding hydrogens is 360 g/mol. The first-order valence-corrected chi connectivity index (χ1v) is 11.3. The minimum Gasteiger partial charge on any atom is -0.315 e. The summed E-state index contributed by atoms with van der Waals surface area (Å²) < 4.78 is 50.3. The van der Waals surface area contributed by atoms with Crippen molar-refractivity contribution in [1.29, 1.82) is 0 Å². The predicted octanol–water partition coefficient (Wildman–Crippen LogP) is 2.30. The molecule has 0 aliphatic carbocycles. The van der Waals surface area contributed by atoms with E-state index < -0.39 is 19.7 Å². The second-order valence-corrected chi connectivity index (χ2v) is 9.81. The molecule has 0 radical (unpaired) electrons. The van der Waals surface area contributed by atoms with Gasteiger partial charge in [0.1, 0.15) is 0 Å². The van der Waals surface area contributed by atoms with E-state index in [1.807, 2.05) is 0 Å². The molecule has 1 heterocycles. The molecule has 0 amide bonds. The molecule has 0 bridgehead atoms. The van der Waals surface area contributed by atoms with E-state index in [1.165, 1.54) is 0 Å². The number of aromatic nitrogens is 2. The Bertz CT molecular complexity index is 1100. The largest absolute Gasteiger partial charge is 0.315 e. The zero-order valence-corrected chi connectivity index (χ0v) is 15.3. The quantitative estimate of drug-likeness (QED) is 0.657. The summed E-state index contributed by atoms with van der Waals surface area (Å²) in [6.45, 7) is 0.259. The highest BCUT2D eigenvalue weighted by Crippen LogP contribution is 2.20. The maximum Gasteiger partial charge on any atom is 0.228 e. The molecule has 0 saturated heterocycles. The van der Waals surface area contributed by atoms with Gasteiger partial charge in [-0.3, -0.25) is 0 Å². The molecule has 0 aliphatic heterocycles. The van der Waals surface area contributed by atoms with Crippen LogP contribution < -0.4 is 0 Å². The van der Waals surface area contributed by atoms with Crippen molar-refractivity contribution in [2.75, 3.05) is 12.0 Å². The number of sulfone groups is 2. The molecular formula is C17H18N2O4S2. The standard InChI is InChI=1S/C17H18N2O4S2/c1-24(20,21)17-18-15-10-5-6-11-16(15)19(17)12-7-13-25(22,23)14-8-3-2-4-9-14/h2-6,8-11H,7,12-13H2,1H3. The Balaban J connectivity index is 1.87. The Morgan fingerprint density at radius 3 is 2.24 bits per heavy atom. The van der Waals surface area contributed by atoms with Crippen LogP contribution in [-0.4, -0.2) is 38.4 Å². The summed E-state index contributed by atoms with van der Waals surface area (Å²) in [5.41, 5.74) is 1.26. The fourth-order valence-corrected chi connectivity index (χ4v) is 4.88. The summed E-state index contributed by atoms with van der Waals surface area (Å²) in [5.74, 6) is -0.0628. The molecule has 132 valence electrons. The van der Waals surface area contributed by atoms with E-state index in [-0.39, 0.29) is 22.3 Å². The normalized spacial score (nSPS) is 12.5. The van der Waals surface area contributed by atoms with Crippen molar-refractivity contribution < 1.29 is 16.8 Å². The maximum absolute atomic E-state index is 12.4. The molecule has 1 aromatic heterocycles. The lowest BCUT2D eigenvalue weighted by Gasteiger charge is -2.09. The van der Waals surface area contributed by atoms with Gasteiger partial charge in [-0.15, -0.1) is 0 Å². The summed E-state index contributed by atoms with van der Waals surface area (Å²) in [6, 6.07) is 15.3. The van der Waals surface area contributed by atoms with Crippen LogP contribution in [0.2, 0.25) is 0 Å². The van der Waals surface area contributed by atoms with Gasteiger partial charge in [-0.05, 0) is 30.7 Å². The number of hydrogen-bond acceptors (Lipinski definition) is 5. The van der Waals surface area contributed by atoms with Crippen molar-refractivity contribution in [3.63, 3.8) is 0 Å². The van der Waals surface area contributed by atoms with Crippen LogP contribution in [0.4, 0.5) is 0 Å². The Morgan fingerprint density at radius 1 is 0.920 bits per heavy atom. The third kappa shape index (κ3) is 3.74. The molecule has 3 rings (SSSR count). The highest BCUT2D eigenvalue weighted by Gasteiger charge is 2.20. The van der Waals surface area contributed by atoms with Crippen molar-refractivity contribution in [3.8, 4) is 0 Å². The monoisotopic (exact) mass is 378 g/mol. The molecule has 0 unspecified atom stereocenters. The molecule has 0 saturated carbocycles. The molecule has 0 atom stereocenters. The van der Waals surface area contributed by atoms with Gasteiger partial charge in [0.15, 0.2) is 9.84 Å². The van der Waals surface area contributed by atoms with Gasteiger partial charge in [0.05, 0.1) is 21.7 Å². The van der Waals surface area contributed by atoms with Crippen molar-refractivity contribution in [2.45, 2.75) is 23.0 Å². The number of aryl methyl sites for hydroxylation is 1. The molecule has 3 aromatic rings. The average molecular weight is 378 g/mol. The first kappa shape index (κ1) is 17.6. The lowest BCUT2D eigenvalue weighted by molar-refractivity contribution is 0.562. The number of nitrogens with zero attached hydrogens (tertiary/aromatic N) is 2. The smallest absolute Gasteiger partial charge is 0.228 e. The highest BCUT2D eigenvalue weighted by atomic mass is 32.2. The fraction of sp³-hybridized carbons (Fsp3) is 0.235. The average Bonchev–Trinajstić information content (AvgIpc) is 2.95. The van der Waals surface area contributed by atoms with E-state index in [0.29, 0.717) is 17.5 Å². The van der Waals surface area contributed by atoms with Gasteiger partial charge in [-0.1, -0.05) is 30.3 Å². The second-order valence-electron chi connectivity index (χ2n) is 5.79. The summed E-state index contributed by atoms with van der Waals surface area (Å²) in [5, 5.41) is -0.0363. The predicted molar refractivity (Wildman–Crippen MR) is 96.0 cm³/mol. The van der Waals surface area contributed by atoms with E-state index in [0.717, 1.165) is 6.26 Å². The van der Waals surface area contributed by atoms with Gasteiger partial charge in [-0.25, -0.2) is 21.8 Å². The highest BCUT2D eigenvalue weighted by molar-refractivity contribution is 7.91. The molecule has 8 heteroatoms. The Kier molecular flexibility index (Phi) is 4.66. The van der Waals surface area contributed by atoms with Crippen molar-refractivity contribution in [2.24, 2.45) is 0 Å². The number of fused-ring (bicyclic) bond motifs is 1.